The number of nitrogens with zero attached hydrogens (tertiary/aromatic N) is 3. The number of rotatable bonds is 7. The Balaban J connectivity index is 2.59. The number of benzene rings is 1. The molecule has 6 nitrogen and oxygen atoms in total. The molecule has 0 spiro atoms. The molecule has 0 N–H and O–H groups in total. The van der Waals surface area contributed by atoms with Crippen LogP contribution in [0.2, 0.25) is 0 Å². The van der Waals surface area contributed by atoms with Crippen LogP contribution in [0.15, 0.2) is 24.3 Å². The molecule has 0 saturated carbocycles. The normalized spacial score (nSPS) is 11.0. The highest BCUT2D eigenvalue weighted by atomic mass is 16.5. The van der Waals surface area contributed by atoms with Crippen LogP contribution in [0.3, 0.4) is 0 Å². The van der Waals surface area contributed by atoms with Crippen molar-refractivity contribution in [1.82, 2.24) is 4.90 Å². The van der Waals surface area contributed by atoms with Crippen LogP contribution in [-0.2, 0) is 16.1 Å². The molecule has 110 valence electrons. The summed E-state index contributed by atoms with van der Waals surface area (Å²) in [5, 5.41) is 17.3. The minimum atomic E-state index is -0.724. The molecule has 21 heavy (non-hydrogen) atoms. The summed E-state index contributed by atoms with van der Waals surface area (Å²) < 4.78 is 10.6. The third-order valence-electron chi connectivity index (χ3n) is 2.82. The first-order chi connectivity index (χ1) is 10.1. The molecule has 1 aromatic carbocycles. The topological polar surface area (TPSA) is 86.3 Å². The standard InChI is InChI=1S/C15H17N3O3/c1-12(15(19)18(8-6-16)9-7-17)21-11-13-4-3-5-14(10-13)20-2/h3-5,10,12H,8-9,11H2,1-2H3. The molecule has 0 saturated heterocycles. The van der Waals surface area contributed by atoms with E-state index in [1.165, 1.54) is 0 Å². The van der Waals surface area contributed by atoms with E-state index in [9.17, 15) is 4.79 Å². The first-order valence-electron chi connectivity index (χ1n) is 6.39. The maximum absolute atomic E-state index is 12.0. The average Bonchev–Trinajstić information content (AvgIpc) is 2.51. The monoisotopic (exact) mass is 287 g/mol. The van der Waals surface area contributed by atoms with E-state index >= 15 is 0 Å². The van der Waals surface area contributed by atoms with Gasteiger partial charge in [0.05, 0.1) is 25.9 Å². The zero-order chi connectivity index (χ0) is 15.7. The van der Waals surface area contributed by atoms with Gasteiger partial charge in [0.25, 0.3) is 5.91 Å². The van der Waals surface area contributed by atoms with Crippen molar-refractivity contribution < 1.29 is 14.3 Å². The molecule has 1 atom stereocenters. The van der Waals surface area contributed by atoms with E-state index in [2.05, 4.69) is 0 Å². The molecule has 0 aromatic heterocycles. The lowest BCUT2D eigenvalue weighted by Gasteiger charge is -2.20. The van der Waals surface area contributed by atoms with E-state index in [4.69, 9.17) is 20.0 Å². The van der Waals surface area contributed by atoms with Crippen molar-refractivity contribution >= 4 is 5.91 Å². The Kier molecular flexibility index (Phi) is 6.73. The summed E-state index contributed by atoms with van der Waals surface area (Å²) in [6.07, 6.45) is -0.724. The molecule has 1 amide bonds. The SMILES string of the molecule is COc1cccc(COC(C)C(=O)N(CC#N)CC#N)c1. The highest BCUT2D eigenvalue weighted by molar-refractivity contribution is 5.81. The van der Waals surface area contributed by atoms with Crippen molar-refractivity contribution in [2.75, 3.05) is 20.2 Å². The molecule has 0 aliphatic carbocycles. The number of amides is 1. The number of hydrogen-bond donors (Lipinski definition) is 0. The Morgan fingerprint density at radius 3 is 2.57 bits per heavy atom. The van der Waals surface area contributed by atoms with Crippen LogP contribution in [0.25, 0.3) is 0 Å². The quantitative estimate of drug-likeness (QED) is 0.709. The summed E-state index contributed by atoms with van der Waals surface area (Å²) in [4.78, 5) is 13.2. The van der Waals surface area contributed by atoms with E-state index in [0.29, 0.717) is 5.75 Å². The van der Waals surface area contributed by atoms with E-state index in [1.807, 2.05) is 36.4 Å². The van der Waals surface area contributed by atoms with Crippen LogP contribution >= 0.6 is 0 Å². The summed E-state index contributed by atoms with van der Waals surface area (Å²) in [6.45, 7) is 1.60. The fourth-order valence-electron chi connectivity index (χ4n) is 1.69. The number of ether oxygens (including phenoxy) is 2. The zero-order valence-electron chi connectivity index (χ0n) is 12.1. The van der Waals surface area contributed by atoms with Crippen molar-refractivity contribution in [1.29, 1.82) is 10.5 Å². The molecule has 0 fully saturated rings. The Morgan fingerprint density at radius 1 is 1.33 bits per heavy atom. The van der Waals surface area contributed by atoms with Crippen LogP contribution < -0.4 is 4.74 Å². The highest BCUT2D eigenvalue weighted by Crippen LogP contribution is 2.14. The summed E-state index contributed by atoms with van der Waals surface area (Å²) in [5.41, 5.74) is 0.876. The highest BCUT2D eigenvalue weighted by Gasteiger charge is 2.20. The third-order valence-corrected chi connectivity index (χ3v) is 2.82. The second kappa shape index (κ2) is 8.57. The molecular weight excluding hydrogens is 270 g/mol. The van der Waals surface area contributed by atoms with Gasteiger partial charge in [-0.25, -0.2) is 0 Å². The zero-order valence-corrected chi connectivity index (χ0v) is 12.1. The van der Waals surface area contributed by atoms with Crippen LogP contribution in [-0.4, -0.2) is 37.1 Å². The lowest BCUT2D eigenvalue weighted by molar-refractivity contribution is -0.142. The lowest BCUT2D eigenvalue weighted by Crippen LogP contribution is -2.39. The van der Waals surface area contributed by atoms with Gasteiger partial charge in [-0.05, 0) is 24.6 Å². The van der Waals surface area contributed by atoms with Crippen molar-refractivity contribution in [3.05, 3.63) is 29.8 Å². The predicted molar refractivity (Wildman–Crippen MR) is 75.1 cm³/mol. The van der Waals surface area contributed by atoms with Crippen LogP contribution in [0.4, 0.5) is 0 Å². The molecule has 1 aromatic rings. The Labute approximate surface area is 124 Å². The minimum Gasteiger partial charge on any atom is -0.497 e. The fraction of sp³-hybridized carbons (Fsp3) is 0.400. The maximum Gasteiger partial charge on any atom is 0.253 e. The summed E-state index contributed by atoms with van der Waals surface area (Å²) in [7, 11) is 1.58. The number of nitriles is 2. The van der Waals surface area contributed by atoms with Crippen LogP contribution in [0.5, 0.6) is 5.75 Å². The van der Waals surface area contributed by atoms with Crippen molar-refractivity contribution in [2.24, 2.45) is 0 Å². The third kappa shape index (κ3) is 5.13. The predicted octanol–water partition coefficient (Wildman–Crippen LogP) is 1.48. The fourth-order valence-corrected chi connectivity index (χ4v) is 1.69. The lowest BCUT2D eigenvalue weighted by atomic mass is 10.2. The van der Waals surface area contributed by atoms with Gasteiger partial charge in [0, 0.05) is 0 Å². The summed E-state index contributed by atoms with van der Waals surface area (Å²) >= 11 is 0. The van der Waals surface area contributed by atoms with Crippen molar-refractivity contribution in [2.45, 2.75) is 19.6 Å². The minimum absolute atomic E-state index is 0.126. The molecule has 0 heterocycles. The van der Waals surface area contributed by atoms with Gasteiger partial charge in [0.1, 0.15) is 24.9 Å². The van der Waals surface area contributed by atoms with Gasteiger partial charge in [-0.15, -0.1) is 0 Å². The van der Waals surface area contributed by atoms with Gasteiger partial charge in [-0.2, -0.15) is 10.5 Å². The van der Waals surface area contributed by atoms with Gasteiger partial charge in [0.2, 0.25) is 0 Å². The van der Waals surface area contributed by atoms with Crippen molar-refractivity contribution in [3.63, 3.8) is 0 Å². The average molecular weight is 287 g/mol. The van der Waals surface area contributed by atoms with Gasteiger partial charge in [0.15, 0.2) is 0 Å². The van der Waals surface area contributed by atoms with Crippen molar-refractivity contribution in [3.8, 4) is 17.9 Å². The largest absolute Gasteiger partial charge is 0.497 e. The maximum atomic E-state index is 12.0. The van der Waals surface area contributed by atoms with E-state index in [1.54, 1.807) is 14.0 Å². The van der Waals surface area contributed by atoms with Gasteiger partial charge in [-0.3, -0.25) is 4.79 Å². The Morgan fingerprint density at radius 2 is 2.00 bits per heavy atom. The first kappa shape index (κ1) is 16.5. The number of carbonyl (C=O) groups excluding carboxylic acids is 1. The molecule has 1 rings (SSSR count). The Hall–Kier alpha value is -2.57. The molecule has 0 bridgehead atoms. The molecule has 0 radical (unpaired) electrons. The second-order valence-corrected chi connectivity index (χ2v) is 4.32. The molecule has 0 aliphatic rings. The second-order valence-electron chi connectivity index (χ2n) is 4.32. The molecule has 6 heteroatoms. The smallest absolute Gasteiger partial charge is 0.253 e. The van der Waals surface area contributed by atoms with Gasteiger partial charge < -0.3 is 14.4 Å². The molecule has 1 unspecified atom stereocenters. The van der Waals surface area contributed by atoms with Crippen LogP contribution in [0.1, 0.15) is 12.5 Å². The van der Waals surface area contributed by atoms with Crippen LogP contribution in [0, 0.1) is 22.7 Å². The first-order valence-corrected chi connectivity index (χ1v) is 6.39. The number of carbonyl (C=O) groups is 1. The number of methoxy groups -OCH3 is 1. The summed E-state index contributed by atoms with van der Waals surface area (Å²) in [5.74, 6) is 0.340. The Bertz CT molecular complexity index is 544. The molecular formula is C15H17N3O3. The number of hydrogen-bond acceptors (Lipinski definition) is 5. The van der Waals surface area contributed by atoms with Gasteiger partial charge in [-0.1, -0.05) is 12.1 Å². The van der Waals surface area contributed by atoms with Gasteiger partial charge >= 0.3 is 0 Å². The van der Waals surface area contributed by atoms with E-state index in [0.717, 1.165) is 10.5 Å². The molecule has 0 aliphatic heterocycles. The van der Waals surface area contributed by atoms with E-state index < -0.39 is 6.10 Å². The van der Waals surface area contributed by atoms with E-state index in [-0.39, 0.29) is 25.6 Å². The summed E-state index contributed by atoms with van der Waals surface area (Å²) in [6, 6.07) is 11.1.